The van der Waals surface area contributed by atoms with Crippen molar-refractivity contribution in [2.24, 2.45) is 0 Å². The average molecular weight is 652 g/mol. The van der Waals surface area contributed by atoms with E-state index in [4.69, 9.17) is 9.47 Å². The minimum atomic E-state index is -2.50. The van der Waals surface area contributed by atoms with Crippen LogP contribution in [0.25, 0.3) is 0 Å². The molecule has 41 heavy (non-hydrogen) atoms. The van der Waals surface area contributed by atoms with E-state index in [1.807, 2.05) is 0 Å². The molecule has 0 N–H and O–H groups in total. The van der Waals surface area contributed by atoms with Crippen LogP contribution in [0, 0.1) is 0 Å². The van der Waals surface area contributed by atoms with Gasteiger partial charge in [0, 0.05) is 0 Å². The first-order chi connectivity index (χ1) is 20.3. The fourth-order valence-corrected chi connectivity index (χ4v) is 18.5. The van der Waals surface area contributed by atoms with Gasteiger partial charge in [-0.3, -0.25) is 0 Å². The number of ether oxygens (including phenoxy) is 2. The standard InChI is InChI=1S/2C19H13O.Ba/c2*1-2-8-14(9-3-1)19-15-10-4-6-12-17(15)20-18-13-7-5-11-16(18)19;/h2*1-13H;. The third kappa shape index (κ3) is 3.83. The summed E-state index contributed by atoms with van der Waals surface area (Å²) in [5.74, 6) is 3.80. The van der Waals surface area contributed by atoms with Crippen molar-refractivity contribution in [3.05, 3.63) is 191 Å². The molecular weight excluding hydrogens is 626 g/mol. The summed E-state index contributed by atoms with van der Waals surface area (Å²) < 4.78 is 12.7. The summed E-state index contributed by atoms with van der Waals surface area (Å²) in [5.41, 5.74) is 7.74. The van der Waals surface area contributed by atoms with Crippen LogP contribution in [0.1, 0.15) is 33.4 Å². The summed E-state index contributed by atoms with van der Waals surface area (Å²) in [6, 6.07) is 57.1. The molecule has 0 spiro atoms. The van der Waals surface area contributed by atoms with E-state index in [9.17, 15) is 0 Å². The van der Waals surface area contributed by atoms with E-state index in [0.717, 1.165) is 23.0 Å². The van der Waals surface area contributed by atoms with Crippen molar-refractivity contribution in [3.63, 3.8) is 0 Å². The molecule has 0 bridgehead atoms. The molecule has 2 heterocycles. The molecule has 2 aliphatic rings. The number of rotatable bonds is 4. The summed E-state index contributed by atoms with van der Waals surface area (Å²) in [7, 11) is 0. The summed E-state index contributed by atoms with van der Waals surface area (Å²) in [6.45, 7) is 0. The maximum absolute atomic E-state index is 6.63. The second-order valence-corrected chi connectivity index (χ2v) is 18.7. The first-order valence-electron chi connectivity index (χ1n) is 14.2. The van der Waals surface area contributed by atoms with Crippen LogP contribution < -0.4 is 9.47 Å². The molecule has 2 nitrogen and oxygen atoms in total. The van der Waals surface area contributed by atoms with Gasteiger partial charge in [-0.2, -0.15) is 0 Å². The van der Waals surface area contributed by atoms with Crippen LogP contribution in [-0.2, 0) is -0.234 Å². The van der Waals surface area contributed by atoms with Gasteiger partial charge < -0.3 is 0 Å². The van der Waals surface area contributed by atoms with Gasteiger partial charge in [0.15, 0.2) is 0 Å². The molecular formula is C38H26BaO2. The molecule has 2 aliphatic heterocycles. The number of para-hydroxylation sites is 4. The van der Waals surface area contributed by atoms with Gasteiger partial charge in [0.2, 0.25) is 0 Å². The zero-order valence-corrected chi connectivity index (χ0v) is 27.0. The Kier molecular flexibility index (Phi) is 6.21. The third-order valence-electron chi connectivity index (χ3n) is 8.89. The number of hydrogen-bond donors (Lipinski definition) is 0. The Morgan fingerprint density at radius 2 is 0.585 bits per heavy atom. The molecule has 0 unspecified atom stereocenters. The Bertz CT molecular complexity index is 1650. The second-order valence-electron chi connectivity index (χ2n) is 10.9. The van der Waals surface area contributed by atoms with Crippen LogP contribution in [0.4, 0.5) is 0 Å². The molecule has 192 valence electrons. The number of fused-ring (bicyclic) bond motifs is 4. The van der Waals surface area contributed by atoms with Gasteiger partial charge >= 0.3 is 268 Å². The molecule has 3 heteroatoms. The van der Waals surface area contributed by atoms with Crippen molar-refractivity contribution in [2.45, 2.75) is -0.234 Å². The van der Waals surface area contributed by atoms with Gasteiger partial charge in [-0.1, -0.05) is 0 Å². The Balaban J connectivity index is 1.54. The molecule has 0 amide bonds. The Morgan fingerprint density at radius 3 is 0.902 bits per heavy atom. The molecule has 8 rings (SSSR count). The van der Waals surface area contributed by atoms with E-state index in [1.165, 1.54) is 33.4 Å². The van der Waals surface area contributed by atoms with Crippen LogP contribution in [0.2, 0.25) is 0 Å². The molecule has 0 saturated heterocycles. The molecule has 0 radical (unpaired) electrons. The van der Waals surface area contributed by atoms with Crippen LogP contribution in [-0.4, -0.2) is 44.2 Å². The van der Waals surface area contributed by atoms with Crippen molar-refractivity contribution in [1.82, 2.24) is 0 Å². The fourth-order valence-electron chi connectivity index (χ4n) is 7.21. The molecule has 0 saturated carbocycles. The summed E-state index contributed by atoms with van der Waals surface area (Å²) in [5, 5.41) is 0. The SMILES string of the molecule is c1ccc([C]2([Ba][C]3(c4ccccc4)c4ccccc4Oc4ccccc43)c3ccccc3Oc3ccccc32)cc1. The fraction of sp³-hybridized carbons (Fsp3) is 0.0526. The van der Waals surface area contributed by atoms with Crippen molar-refractivity contribution >= 4 is 44.2 Å². The Morgan fingerprint density at radius 1 is 0.317 bits per heavy atom. The van der Waals surface area contributed by atoms with E-state index in [0.29, 0.717) is 0 Å². The van der Waals surface area contributed by atoms with Crippen LogP contribution >= 0.6 is 0 Å². The van der Waals surface area contributed by atoms with E-state index < -0.39 is 44.2 Å². The second kappa shape index (κ2) is 10.1. The average Bonchev–Trinajstić information content (AvgIpc) is 3.05. The normalized spacial score (nSPS) is 15.0. The van der Waals surface area contributed by atoms with Crippen LogP contribution in [0.3, 0.4) is 0 Å². The van der Waals surface area contributed by atoms with Crippen LogP contribution in [0.5, 0.6) is 23.0 Å². The van der Waals surface area contributed by atoms with Crippen molar-refractivity contribution in [2.75, 3.05) is 0 Å². The summed E-state index contributed by atoms with van der Waals surface area (Å²) in [4.78, 5) is 0. The Hall–Kier alpha value is -3.51. The predicted octanol–water partition coefficient (Wildman–Crippen LogP) is 8.89. The van der Waals surface area contributed by atoms with Gasteiger partial charge in [0.25, 0.3) is 0 Å². The Labute approximate surface area is 264 Å². The monoisotopic (exact) mass is 652 g/mol. The maximum atomic E-state index is 6.63. The molecule has 0 aromatic heterocycles. The van der Waals surface area contributed by atoms with Crippen molar-refractivity contribution in [3.8, 4) is 23.0 Å². The minimum absolute atomic E-state index is 0.305. The molecule has 6 aromatic carbocycles. The van der Waals surface area contributed by atoms with Gasteiger partial charge in [0.05, 0.1) is 0 Å². The molecule has 0 fully saturated rings. The third-order valence-corrected chi connectivity index (χ3v) is 19.6. The zero-order valence-electron chi connectivity index (χ0n) is 22.5. The first kappa shape index (κ1) is 25.2. The number of benzene rings is 6. The van der Waals surface area contributed by atoms with Gasteiger partial charge in [-0.05, 0) is 0 Å². The molecule has 0 atom stereocenters. The quantitative estimate of drug-likeness (QED) is 0.177. The first-order valence-corrected chi connectivity index (χ1v) is 18.6. The number of hydrogen-bond acceptors (Lipinski definition) is 2. The van der Waals surface area contributed by atoms with Crippen molar-refractivity contribution in [1.29, 1.82) is 0 Å². The topological polar surface area (TPSA) is 18.5 Å². The summed E-state index contributed by atoms with van der Waals surface area (Å²) >= 11 is -2.50. The van der Waals surface area contributed by atoms with E-state index in [2.05, 4.69) is 158 Å². The molecule has 0 aliphatic carbocycles. The van der Waals surface area contributed by atoms with Gasteiger partial charge in [-0.15, -0.1) is 0 Å². The zero-order chi connectivity index (χ0) is 27.3. The van der Waals surface area contributed by atoms with E-state index in [1.54, 1.807) is 0 Å². The van der Waals surface area contributed by atoms with Gasteiger partial charge in [-0.25, -0.2) is 0 Å². The summed E-state index contributed by atoms with van der Waals surface area (Å²) in [6.07, 6.45) is 0. The predicted molar refractivity (Wildman–Crippen MR) is 164 cm³/mol. The van der Waals surface area contributed by atoms with Crippen molar-refractivity contribution < 1.29 is 9.47 Å². The van der Waals surface area contributed by atoms with E-state index in [-0.39, 0.29) is -0.234 Å². The van der Waals surface area contributed by atoms with Gasteiger partial charge in [0.1, 0.15) is 0 Å². The van der Waals surface area contributed by atoms with E-state index >= 15 is 0 Å². The van der Waals surface area contributed by atoms with Crippen LogP contribution in [0.15, 0.2) is 158 Å². The molecule has 6 aromatic rings.